The number of hydrogen-bond donors (Lipinski definition) is 1. The minimum Gasteiger partial charge on any atom is -0.332 e. The molecule has 3 atom stereocenters. The molecule has 0 aromatic carbocycles. The number of urea groups is 1. The number of fused-ring (bicyclic) bond motifs is 1. The third-order valence-corrected chi connectivity index (χ3v) is 6.67. The highest BCUT2D eigenvalue weighted by Crippen LogP contribution is 2.35. The number of nitrogens with zero attached hydrogens (tertiary/aromatic N) is 3. The molecule has 1 fully saturated rings. The lowest BCUT2D eigenvalue weighted by Gasteiger charge is -2.39. The van der Waals surface area contributed by atoms with Gasteiger partial charge in [-0.15, -0.1) is 0 Å². The van der Waals surface area contributed by atoms with E-state index in [0.29, 0.717) is 18.4 Å². The summed E-state index contributed by atoms with van der Waals surface area (Å²) in [5.41, 5.74) is 2.22. The number of likely N-dealkylation sites (tertiary alicyclic amines) is 1. The molecule has 2 amide bonds. The van der Waals surface area contributed by atoms with Crippen LogP contribution in [0.3, 0.4) is 0 Å². The van der Waals surface area contributed by atoms with Crippen LogP contribution < -0.4 is 5.32 Å². The van der Waals surface area contributed by atoms with Crippen molar-refractivity contribution < 1.29 is 4.79 Å². The molecule has 5 heteroatoms. The third kappa shape index (κ3) is 6.30. The summed E-state index contributed by atoms with van der Waals surface area (Å²) >= 11 is 0. The molecule has 31 heavy (non-hydrogen) atoms. The molecule has 0 saturated carbocycles. The first-order chi connectivity index (χ1) is 15.0. The summed E-state index contributed by atoms with van der Waals surface area (Å²) in [5, 5.41) is 3.31. The summed E-state index contributed by atoms with van der Waals surface area (Å²) in [4.78, 5) is 21.7. The topological polar surface area (TPSA) is 47.9 Å². The second kappa shape index (κ2) is 11.3. The smallest absolute Gasteiger partial charge is 0.318 e. The molecule has 1 saturated heterocycles. The van der Waals surface area contributed by atoms with Crippen LogP contribution in [-0.4, -0.2) is 67.9 Å². The average Bonchev–Trinajstić information content (AvgIpc) is 2.78. The van der Waals surface area contributed by atoms with E-state index in [0.717, 1.165) is 37.9 Å². The predicted octanol–water partition coefficient (Wildman–Crippen LogP) is 4.37. The minimum atomic E-state index is -0.00232. The van der Waals surface area contributed by atoms with Gasteiger partial charge >= 0.3 is 6.03 Å². The Balaban J connectivity index is 1.70. The fourth-order valence-corrected chi connectivity index (χ4v) is 4.84. The van der Waals surface area contributed by atoms with Crippen molar-refractivity contribution in [2.75, 3.05) is 33.7 Å². The maximum atomic E-state index is 13.4. The van der Waals surface area contributed by atoms with Crippen LogP contribution in [0.4, 0.5) is 4.79 Å². The molecule has 1 aliphatic heterocycles. The number of piperidine rings is 1. The second-order valence-corrected chi connectivity index (χ2v) is 9.00. The van der Waals surface area contributed by atoms with Crippen molar-refractivity contribution in [3.05, 3.63) is 60.3 Å². The van der Waals surface area contributed by atoms with Gasteiger partial charge in [-0.2, -0.15) is 0 Å². The van der Waals surface area contributed by atoms with Crippen molar-refractivity contribution in [1.82, 2.24) is 15.1 Å². The van der Waals surface area contributed by atoms with Gasteiger partial charge < -0.3 is 15.1 Å². The molecule has 0 radical (unpaired) electrons. The molecule has 0 aromatic rings. The Morgan fingerprint density at radius 2 is 2.13 bits per heavy atom. The number of allylic oxidation sites excluding steroid dienone is 6. The molecule has 0 spiro atoms. The zero-order chi connectivity index (χ0) is 22.2. The normalized spacial score (nSPS) is 25.5. The Hall–Kier alpha value is -2.40. The molecule has 0 aromatic heterocycles. The Morgan fingerprint density at radius 1 is 1.35 bits per heavy atom. The van der Waals surface area contributed by atoms with Gasteiger partial charge in [-0.05, 0) is 75.9 Å². The van der Waals surface area contributed by atoms with E-state index in [-0.39, 0.29) is 18.1 Å². The van der Waals surface area contributed by atoms with Crippen molar-refractivity contribution in [3.63, 3.8) is 0 Å². The fraction of sp³-hybridized carbons (Fsp3) is 0.538. The van der Waals surface area contributed by atoms with E-state index in [1.807, 2.05) is 17.1 Å². The summed E-state index contributed by atoms with van der Waals surface area (Å²) in [5.74, 6) is 0.955. The van der Waals surface area contributed by atoms with Crippen LogP contribution in [0.1, 0.15) is 32.6 Å². The van der Waals surface area contributed by atoms with E-state index >= 15 is 0 Å². The van der Waals surface area contributed by atoms with Crippen LogP contribution in [0.15, 0.2) is 65.2 Å². The molecular formula is C26H38N4O. The highest BCUT2D eigenvalue weighted by Gasteiger charge is 2.31. The van der Waals surface area contributed by atoms with Gasteiger partial charge in [-0.3, -0.25) is 4.99 Å². The minimum absolute atomic E-state index is 0.00232. The number of hydrogen-bond acceptors (Lipinski definition) is 3. The van der Waals surface area contributed by atoms with E-state index in [1.165, 1.54) is 12.0 Å². The average molecular weight is 423 g/mol. The molecular weight excluding hydrogens is 384 g/mol. The number of carbonyl (C=O) groups is 1. The lowest BCUT2D eigenvalue weighted by Crippen LogP contribution is -2.53. The second-order valence-electron chi connectivity index (χ2n) is 9.00. The highest BCUT2D eigenvalue weighted by atomic mass is 16.2. The predicted molar refractivity (Wildman–Crippen MR) is 130 cm³/mol. The first-order valence-corrected chi connectivity index (χ1v) is 11.6. The number of rotatable bonds is 7. The summed E-state index contributed by atoms with van der Waals surface area (Å²) < 4.78 is 0. The fourth-order valence-electron chi connectivity index (χ4n) is 4.84. The van der Waals surface area contributed by atoms with Gasteiger partial charge in [0, 0.05) is 37.8 Å². The molecule has 1 N–H and O–H groups in total. The van der Waals surface area contributed by atoms with Gasteiger partial charge in [0.2, 0.25) is 0 Å². The SMILES string of the molecule is C=C(/C=C\C=N/C)CN(C(=O)NC(C)C1=CC=CC2CCC=CC12)C1CCN(C)CC1. The van der Waals surface area contributed by atoms with E-state index in [1.54, 1.807) is 13.3 Å². The molecule has 0 bridgehead atoms. The van der Waals surface area contributed by atoms with E-state index in [9.17, 15) is 4.79 Å². The van der Waals surface area contributed by atoms with Gasteiger partial charge in [0.15, 0.2) is 0 Å². The van der Waals surface area contributed by atoms with Gasteiger partial charge in [0.05, 0.1) is 0 Å². The van der Waals surface area contributed by atoms with Crippen LogP contribution >= 0.6 is 0 Å². The lowest BCUT2D eigenvalue weighted by atomic mass is 9.74. The first-order valence-electron chi connectivity index (χ1n) is 11.6. The van der Waals surface area contributed by atoms with Crippen LogP contribution in [0.2, 0.25) is 0 Å². The van der Waals surface area contributed by atoms with E-state index in [2.05, 4.69) is 66.1 Å². The summed E-state index contributed by atoms with van der Waals surface area (Å²) in [6, 6.07) is 0.237. The Labute approximate surface area is 188 Å². The number of nitrogens with one attached hydrogen (secondary N) is 1. The Morgan fingerprint density at radius 3 is 2.87 bits per heavy atom. The standard InChI is InChI=1S/C26H38N4O/c1-20(9-8-16-27-3)19-30(23-14-17-29(4)18-15-23)26(31)28-21(2)24-13-7-11-22-10-5-6-12-25(22)24/h6-9,11-13,16,21-23,25H,1,5,10,14-15,17-19H2,2-4H3,(H,28,31)/b9-8-,27-16-. The molecule has 168 valence electrons. The Bertz CT molecular complexity index is 783. The summed E-state index contributed by atoms with van der Waals surface area (Å²) in [7, 11) is 3.89. The van der Waals surface area contributed by atoms with E-state index < -0.39 is 0 Å². The van der Waals surface area contributed by atoms with Crippen molar-refractivity contribution in [2.24, 2.45) is 16.8 Å². The maximum Gasteiger partial charge on any atom is 0.318 e. The van der Waals surface area contributed by atoms with Crippen LogP contribution in [0.25, 0.3) is 0 Å². The largest absolute Gasteiger partial charge is 0.332 e. The van der Waals surface area contributed by atoms with Crippen LogP contribution in [-0.2, 0) is 0 Å². The van der Waals surface area contributed by atoms with Gasteiger partial charge in [0.1, 0.15) is 0 Å². The zero-order valence-electron chi connectivity index (χ0n) is 19.3. The number of carbonyl (C=O) groups excluding carboxylic acids is 1. The molecule has 3 rings (SSSR count). The third-order valence-electron chi connectivity index (χ3n) is 6.67. The summed E-state index contributed by atoms with van der Waals surface area (Å²) in [6.45, 7) is 8.84. The van der Waals surface area contributed by atoms with Gasteiger partial charge in [-0.25, -0.2) is 4.79 Å². The lowest BCUT2D eigenvalue weighted by molar-refractivity contribution is 0.136. The van der Waals surface area contributed by atoms with Crippen molar-refractivity contribution in [2.45, 2.75) is 44.7 Å². The highest BCUT2D eigenvalue weighted by molar-refractivity contribution is 5.76. The molecule has 2 aliphatic carbocycles. The van der Waals surface area contributed by atoms with E-state index in [4.69, 9.17) is 0 Å². The van der Waals surface area contributed by atoms with Crippen LogP contribution in [0.5, 0.6) is 0 Å². The molecule has 5 nitrogen and oxygen atoms in total. The van der Waals surface area contributed by atoms with Crippen molar-refractivity contribution in [1.29, 1.82) is 0 Å². The number of amides is 2. The van der Waals surface area contributed by atoms with Crippen molar-refractivity contribution in [3.8, 4) is 0 Å². The van der Waals surface area contributed by atoms with Gasteiger partial charge in [0.25, 0.3) is 0 Å². The molecule has 1 heterocycles. The van der Waals surface area contributed by atoms with Crippen molar-refractivity contribution >= 4 is 12.2 Å². The molecule has 3 unspecified atom stereocenters. The zero-order valence-corrected chi connectivity index (χ0v) is 19.3. The molecule has 3 aliphatic rings. The summed E-state index contributed by atoms with van der Waals surface area (Å²) in [6.07, 6.45) is 21.1. The van der Waals surface area contributed by atoms with Gasteiger partial charge in [-0.1, -0.05) is 43.0 Å². The maximum absolute atomic E-state index is 13.4. The monoisotopic (exact) mass is 422 g/mol. The Kier molecular flexibility index (Phi) is 8.47. The first kappa shape index (κ1) is 23.3. The quantitative estimate of drug-likeness (QED) is 0.376. The van der Waals surface area contributed by atoms with Crippen LogP contribution in [0, 0.1) is 11.8 Å². The number of aliphatic imine (C=N–C) groups is 1.